The van der Waals surface area contributed by atoms with E-state index in [2.05, 4.69) is 38.6 Å². The van der Waals surface area contributed by atoms with Crippen molar-refractivity contribution in [3.63, 3.8) is 0 Å². The smallest absolute Gasteiger partial charge is 0.227 e. The Morgan fingerprint density at radius 2 is 1.70 bits per heavy atom. The highest BCUT2D eigenvalue weighted by atomic mass is 16.5. The van der Waals surface area contributed by atoms with Crippen LogP contribution in [-0.4, -0.2) is 71.6 Å². The third kappa shape index (κ3) is 4.20. The van der Waals surface area contributed by atoms with Crippen LogP contribution < -0.4 is 20.4 Å². The molecule has 3 heterocycles. The van der Waals surface area contributed by atoms with Crippen LogP contribution in [0.5, 0.6) is 0 Å². The number of amides is 1. The minimum absolute atomic E-state index is 0.0164. The van der Waals surface area contributed by atoms with Crippen LogP contribution >= 0.6 is 0 Å². The fraction of sp³-hybridized carbons (Fsp3) is 0.650. The van der Waals surface area contributed by atoms with Crippen molar-refractivity contribution in [3.8, 4) is 0 Å². The van der Waals surface area contributed by atoms with Crippen LogP contribution in [-0.2, 0) is 14.3 Å². The van der Waals surface area contributed by atoms with Crippen molar-refractivity contribution in [1.82, 2.24) is 5.32 Å². The molecule has 1 aromatic carbocycles. The summed E-state index contributed by atoms with van der Waals surface area (Å²) in [5.74, 6) is 0.558. The molecule has 3 aliphatic rings. The van der Waals surface area contributed by atoms with Gasteiger partial charge in [-0.3, -0.25) is 4.79 Å². The van der Waals surface area contributed by atoms with Gasteiger partial charge in [0.15, 0.2) is 0 Å². The van der Waals surface area contributed by atoms with Crippen LogP contribution in [0.2, 0.25) is 0 Å². The molecule has 148 valence electrons. The number of nitrogens with one attached hydrogen (secondary N) is 2. The molecule has 3 saturated heterocycles. The van der Waals surface area contributed by atoms with Gasteiger partial charge in [0, 0.05) is 37.8 Å². The molecular formula is C20H30N4O3. The molecule has 7 nitrogen and oxygen atoms in total. The second-order valence-corrected chi connectivity index (χ2v) is 7.60. The Balaban J connectivity index is 1.55. The molecule has 1 unspecified atom stereocenters. The van der Waals surface area contributed by atoms with Gasteiger partial charge < -0.3 is 29.9 Å². The number of carbonyl (C=O) groups excluding carboxylic acids is 1. The first-order valence-electron chi connectivity index (χ1n) is 10.0. The first-order valence-corrected chi connectivity index (χ1v) is 10.0. The largest absolute Gasteiger partial charge is 0.378 e. The Kier molecular flexibility index (Phi) is 5.80. The second-order valence-electron chi connectivity index (χ2n) is 7.60. The lowest BCUT2D eigenvalue weighted by Crippen LogP contribution is -2.48. The highest BCUT2D eigenvalue weighted by molar-refractivity contribution is 5.96. The molecule has 1 aromatic rings. The highest BCUT2D eigenvalue weighted by Crippen LogP contribution is 2.33. The number of hydrogen-bond acceptors (Lipinski definition) is 6. The van der Waals surface area contributed by atoms with Crippen LogP contribution in [0.1, 0.15) is 6.92 Å². The summed E-state index contributed by atoms with van der Waals surface area (Å²) >= 11 is 0. The highest BCUT2D eigenvalue weighted by Gasteiger charge is 2.29. The number of anilines is 3. The molecule has 0 aromatic heterocycles. The molecular weight excluding hydrogens is 344 g/mol. The number of hydrogen-bond donors (Lipinski definition) is 2. The van der Waals surface area contributed by atoms with E-state index in [0.717, 1.165) is 77.1 Å². The third-order valence-electron chi connectivity index (χ3n) is 5.90. The van der Waals surface area contributed by atoms with Crippen molar-refractivity contribution in [2.24, 2.45) is 11.8 Å². The molecule has 3 aliphatic heterocycles. The zero-order chi connectivity index (χ0) is 18.6. The van der Waals surface area contributed by atoms with E-state index in [9.17, 15) is 4.79 Å². The van der Waals surface area contributed by atoms with Gasteiger partial charge >= 0.3 is 0 Å². The normalized spacial score (nSPS) is 22.3. The molecule has 4 rings (SSSR count). The number of benzene rings is 1. The summed E-state index contributed by atoms with van der Waals surface area (Å²) in [7, 11) is 0. The summed E-state index contributed by atoms with van der Waals surface area (Å²) in [6, 6.07) is 6.38. The summed E-state index contributed by atoms with van der Waals surface area (Å²) in [5, 5.41) is 6.44. The van der Waals surface area contributed by atoms with Gasteiger partial charge in [0.05, 0.1) is 37.8 Å². The van der Waals surface area contributed by atoms with E-state index >= 15 is 0 Å². The van der Waals surface area contributed by atoms with E-state index in [1.165, 1.54) is 5.69 Å². The first kappa shape index (κ1) is 18.5. The SMILES string of the molecule is CC(C(=O)Nc1ccc(N2CCOCC2)cc1N1CCOCC1)C1CNC1. The number of rotatable bonds is 5. The summed E-state index contributed by atoms with van der Waals surface area (Å²) in [6.45, 7) is 10.4. The Hall–Kier alpha value is -1.83. The van der Waals surface area contributed by atoms with Crippen molar-refractivity contribution >= 4 is 23.0 Å². The van der Waals surface area contributed by atoms with Gasteiger partial charge in [-0.2, -0.15) is 0 Å². The summed E-state index contributed by atoms with van der Waals surface area (Å²) in [4.78, 5) is 17.4. The average molecular weight is 374 g/mol. The van der Waals surface area contributed by atoms with Crippen molar-refractivity contribution < 1.29 is 14.3 Å². The average Bonchev–Trinajstić information content (AvgIpc) is 2.68. The topological polar surface area (TPSA) is 66.1 Å². The van der Waals surface area contributed by atoms with Crippen LogP contribution in [0.4, 0.5) is 17.1 Å². The van der Waals surface area contributed by atoms with Gasteiger partial charge in [-0.1, -0.05) is 6.92 Å². The maximum Gasteiger partial charge on any atom is 0.227 e. The van der Waals surface area contributed by atoms with Crippen molar-refractivity contribution in [1.29, 1.82) is 0 Å². The molecule has 0 bridgehead atoms. The van der Waals surface area contributed by atoms with Gasteiger partial charge in [0.1, 0.15) is 0 Å². The van der Waals surface area contributed by atoms with Crippen LogP contribution in [0.15, 0.2) is 18.2 Å². The zero-order valence-electron chi connectivity index (χ0n) is 16.1. The third-order valence-corrected chi connectivity index (χ3v) is 5.90. The van der Waals surface area contributed by atoms with Gasteiger partial charge in [-0.25, -0.2) is 0 Å². The molecule has 2 N–H and O–H groups in total. The van der Waals surface area contributed by atoms with E-state index in [1.807, 2.05) is 6.92 Å². The Labute approximate surface area is 161 Å². The van der Waals surface area contributed by atoms with Crippen molar-refractivity contribution in [3.05, 3.63) is 18.2 Å². The summed E-state index contributed by atoms with van der Waals surface area (Å²) < 4.78 is 11.0. The Morgan fingerprint density at radius 3 is 2.30 bits per heavy atom. The molecule has 0 saturated carbocycles. The Morgan fingerprint density at radius 1 is 1.07 bits per heavy atom. The van der Waals surface area contributed by atoms with Gasteiger partial charge in [0.25, 0.3) is 0 Å². The fourth-order valence-electron chi connectivity index (χ4n) is 3.84. The maximum atomic E-state index is 12.8. The van der Waals surface area contributed by atoms with Gasteiger partial charge in [0.2, 0.25) is 5.91 Å². The maximum absolute atomic E-state index is 12.8. The van der Waals surface area contributed by atoms with Crippen LogP contribution in [0.3, 0.4) is 0 Å². The van der Waals surface area contributed by atoms with Gasteiger partial charge in [-0.15, -0.1) is 0 Å². The van der Waals surface area contributed by atoms with E-state index in [4.69, 9.17) is 9.47 Å². The van der Waals surface area contributed by atoms with Crippen molar-refractivity contribution in [2.75, 3.05) is 80.8 Å². The second kappa shape index (κ2) is 8.46. The van der Waals surface area contributed by atoms with E-state index in [1.54, 1.807) is 0 Å². The Bertz CT molecular complexity index is 653. The molecule has 3 fully saturated rings. The van der Waals surface area contributed by atoms with E-state index in [0.29, 0.717) is 5.92 Å². The van der Waals surface area contributed by atoms with Crippen LogP contribution in [0, 0.1) is 11.8 Å². The number of carbonyl (C=O) groups is 1. The van der Waals surface area contributed by atoms with Crippen LogP contribution in [0.25, 0.3) is 0 Å². The summed E-state index contributed by atoms with van der Waals surface area (Å²) in [6.07, 6.45) is 0. The predicted molar refractivity (Wildman–Crippen MR) is 107 cm³/mol. The van der Waals surface area contributed by atoms with Gasteiger partial charge in [-0.05, 0) is 37.2 Å². The van der Waals surface area contributed by atoms with Crippen molar-refractivity contribution in [2.45, 2.75) is 6.92 Å². The lowest BCUT2D eigenvalue weighted by molar-refractivity contribution is -0.121. The number of morpholine rings is 2. The zero-order valence-corrected chi connectivity index (χ0v) is 16.1. The standard InChI is InChI=1S/C20H30N4O3/c1-15(16-13-21-14-16)20(25)22-18-3-2-17(23-4-8-26-9-5-23)12-19(18)24-6-10-27-11-7-24/h2-3,12,15-16,21H,4-11,13-14H2,1H3,(H,22,25). The number of nitrogens with zero attached hydrogens (tertiary/aromatic N) is 2. The molecule has 27 heavy (non-hydrogen) atoms. The summed E-state index contributed by atoms with van der Waals surface area (Å²) in [5.41, 5.74) is 3.18. The molecule has 1 atom stereocenters. The quantitative estimate of drug-likeness (QED) is 0.806. The monoisotopic (exact) mass is 374 g/mol. The molecule has 1 amide bonds. The molecule has 0 radical (unpaired) electrons. The molecule has 0 aliphatic carbocycles. The van der Waals surface area contributed by atoms with E-state index in [-0.39, 0.29) is 11.8 Å². The minimum Gasteiger partial charge on any atom is -0.378 e. The number of ether oxygens (including phenoxy) is 2. The minimum atomic E-state index is 0.0164. The molecule has 7 heteroatoms. The lowest BCUT2D eigenvalue weighted by Gasteiger charge is -2.34. The first-order chi connectivity index (χ1) is 13.2. The molecule has 0 spiro atoms. The lowest BCUT2D eigenvalue weighted by atomic mass is 9.88. The predicted octanol–water partition coefficient (Wildman–Crippen LogP) is 1.15. The van der Waals surface area contributed by atoms with E-state index < -0.39 is 0 Å². The fourth-order valence-corrected chi connectivity index (χ4v) is 3.84.